The molecule has 2 rings (SSSR count). The van der Waals surface area contributed by atoms with Gasteiger partial charge in [0.2, 0.25) is 0 Å². The Morgan fingerprint density at radius 3 is 2.79 bits per heavy atom. The normalized spacial score (nSPS) is 10.3. The van der Waals surface area contributed by atoms with Crippen molar-refractivity contribution in [2.75, 3.05) is 5.32 Å². The molecule has 0 saturated heterocycles. The van der Waals surface area contributed by atoms with E-state index in [1.54, 1.807) is 29.1 Å². The number of hydrogen-bond acceptors (Lipinski definition) is 2. The third-order valence-corrected chi connectivity index (χ3v) is 3.14. The quantitative estimate of drug-likeness (QED) is 0.846. The van der Waals surface area contributed by atoms with Gasteiger partial charge in [-0.3, -0.25) is 4.68 Å². The molecule has 0 bridgehead atoms. The van der Waals surface area contributed by atoms with Crippen molar-refractivity contribution in [3.8, 4) is 0 Å². The van der Waals surface area contributed by atoms with Crippen LogP contribution in [0.4, 0.5) is 10.1 Å². The first-order chi connectivity index (χ1) is 9.08. The van der Waals surface area contributed by atoms with Crippen molar-refractivity contribution in [1.29, 1.82) is 0 Å². The molecular formula is C13H15FN4S. The molecule has 2 N–H and O–H groups in total. The van der Waals surface area contributed by atoms with Crippen molar-refractivity contribution >= 4 is 23.0 Å². The summed E-state index contributed by atoms with van der Waals surface area (Å²) in [5.74, 6) is -0.329. The van der Waals surface area contributed by atoms with Crippen LogP contribution in [0.1, 0.15) is 11.3 Å². The fraction of sp³-hybridized carbons (Fsp3) is 0.231. The summed E-state index contributed by atoms with van der Waals surface area (Å²) in [5.41, 5.74) is 2.49. The van der Waals surface area contributed by atoms with Gasteiger partial charge >= 0.3 is 0 Å². The summed E-state index contributed by atoms with van der Waals surface area (Å²) in [5, 5.41) is 10.4. The van der Waals surface area contributed by atoms with Crippen molar-refractivity contribution in [2.24, 2.45) is 7.05 Å². The Morgan fingerprint density at radius 2 is 2.16 bits per heavy atom. The van der Waals surface area contributed by atoms with Crippen molar-refractivity contribution in [2.45, 2.75) is 13.5 Å². The van der Waals surface area contributed by atoms with Crippen LogP contribution < -0.4 is 10.6 Å². The zero-order chi connectivity index (χ0) is 13.8. The predicted octanol–water partition coefficient (Wildman–Crippen LogP) is 2.35. The minimum absolute atomic E-state index is 0.329. The highest BCUT2D eigenvalue weighted by molar-refractivity contribution is 7.80. The van der Waals surface area contributed by atoms with Gasteiger partial charge < -0.3 is 10.6 Å². The van der Waals surface area contributed by atoms with E-state index in [9.17, 15) is 4.39 Å². The molecule has 1 aromatic carbocycles. The van der Waals surface area contributed by atoms with Crippen molar-refractivity contribution in [3.05, 3.63) is 47.5 Å². The highest BCUT2D eigenvalue weighted by Gasteiger charge is 2.06. The Bertz CT molecular complexity index is 594. The van der Waals surface area contributed by atoms with E-state index in [1.165, 1.54) is 6.07 Å². The molecule has 0 unspecified atom stereocenters. The summed E-state index contributed by atoms with van der Waals surface area (Å²) in [6.07, 6.45) is 1.79. The Balaban J connectivity index is 1.92. The second-order valence-electron chi connectivity index (χ2n) is 4.17. The number of aromatic nitrogens is 2. The van der Waals surface area contributed by atoms with Crippen LogP contribution in [-0.4, -0.2) is 14.9 Å². The van der Waals surface area contributed by atoms with Gasteiger partial charge in [0, 0.05) is 24.8 Å². The molecule has 0 aliphatic carbocycles. The number of hydrogen-bond donors (Lipinski definition) is 2. The first-order valence-electron chi connectivity index (χ1n) is 5.85. The minimum atomic E-state index is -0.329. The number of rotatable bonds is 3. The van der Waals surface area contributed by atoms with Crippen LogP contribution in [0.3, 0.4) is 0 Å². The van der Waals surface area contributed by atoms with E-state index in [4.69, 9.17) is 12.2 Å². The molecule has 0 aliphatic heterocycles. The lowest BCUT2D eigenvalue weighted by molar-refractivity contribution is 0.632. The van der Waals surface area contributed by atoms with Crippen molar-refractivity contribution < 1.29 is 4.39 Å². The van der Waals surface area contributed by atoms with Gasteiger partial charge in [-0.1, -0.05) is 12.1 Å². The maximum atomic E-state index is 13.4. The molecular weight excluding hydrogens is 263 g/mol. The van der Waals surface area contributed by atoms with Gasteiger partial charge in [-0.05, 0) is 31.3 Å². The summed E-state index contributed by atoms with van der Waals surface area (Å²) in [4.78, 5) is 0. The first-order valence-corrected chi connectivity index (χ1v) is 6.25. The monoisotopic (exact) mass is 278 g/mol. The molecule has 1 aromatic heterocycles. The number of nitrogens with zero attached hydrogens (tertiary/aromatic N) is 2. The fourth-order valence-corrected chi connectivity index (χ4v) is 1.80. The average molecular weight is 278 g/mol. The van der Waals surface area contributed by atoms with Crippen molar-refractivity contribution in [1.82, 2.24) is 15.1 Å². The third kappa shape index (κ3) is 3.29. The Morgan fingerprint density at radius 1 is 1.42 bits per heavy atom. The smallest absolute Gasteiger partial charge is 0.171 e. The molecule has 100 valence electrons. The van der Waals surface area contributed by atoms with Crippen LogP contribution in [0.15, 0.2) is 30.5 Å². The fourth-order valence-electron chi connectivity index (χ4n) is 1.62. The highest BCUT2D eigenvalue weighted by atomic mass is 32.1. The molecule has 2 aromatic rings. The lowest BCUT2D eigenvalue weighted by atomic mass is 10.2. The largest absolute Gasteiger partial charge is 0.358 e. The van der Waals surface area contributed by atoms with Crippen LogP contribution in [-0.2, 0) is 13.6 Å². The van der Waals surface area contributed by atoms with E-state index >= 15 is 0 Å². The van der Waals surface area contributed by atoms with Crippen LogP contribution in [0.2, 0.25) is 0 Å². The Kier molecular flexibility index (Phi) is 4.11. The number of benzene rings is 1. The number of halogens is 1. The molecule has 4 nitrogen and oxygen atoms in total. The maximum absolute atomic E-state index is 13.4. The van der Waals surface area contributed by atoms with E-state index in [-0.39, 0.29) is 5.82 Å². The molecule has 19 heavy (non-hydrogen) atoms. The Hall–Kier alpha value is -1.95. The van der Waals surface area contributed by atoms with Crippen molar-refractivity contribution in [3.63, 3.8) is 0 Å². The zero-order valence-electron chi connectivity index (χ0n) is 10.8. The van der Waals surface area contributed by atoms with Gasteiger partial charge in [0.15, 0.2) is 5.11 Å². The number of nitrogens with one attached hydrogen (secondary N) is 2. The lowest BCUT2D eigenvalue weighted by Crippen LogP contribution is -2.28. The van der Waals surface area contributed by atoms with E-state index in [2.05, 4.69) is 15.7 Å². The molecule has 0 aliphatic rings. The van der Waals surface area contributed by atoms with Crippen LogP contribution >= 0.6 is 12.2 Å². The summed E-state index contributed by atoms with van der Waals surface area (Å²) in [6.45, 7) is 2.54. The first kappa shape index (κ1) is 13.5. The van der Waals surface area contributed by atoms with Gasteiger partial charge in [0.1, 0.15) is 5.82 Å². The SMILES string of the molecule is Cc1c(CNC(=S)Nc2ccccc2F)cnn1C. The van der Waals surface area contributed by atoms with Gasteiger partial charge in [-0.15, -0.1) is 0 Å². The van der Waals surface area contributed by atoms with E-state index in [0.717, 1.165) is 11.3 Å². The van der Waals surface area contributed by atoms with Gasteiger partial charge in [0.05, 0.1) is 11.9 Å². The molecule has 6 heteroatoms. The van der Waals surface area contributed by atoms with Gasteiger partial charge in [0.25, 0.3) is 0 Å². The third-order valence-electron chi connectivity index (χ3n) is 2.90. The molecule has 0 spiro atoms. The maximum Gasteiger partial charge on any atom is 0.171 e. The standard InChI is InChI=1S/C13H15FN4S/c1-9-10(8-16-18(9)2)7-15-13(19)17-12-6-4-3-5-11(12)14/h3-6,8H,7H2,1-2H3,(H2,15,17,19). The summed E-state index contributed by atoms with van der Waals surface area (Å²) >= 11 is 5.13. The predicted molar refractivity (Wildman–Crippen MR) is 77.4 cm³/mol. The van der Waals surface area contributed by atoms with E-state index in [0.29, 0.717) is 17.3 Å². The zero-order valence-corrected chi connectivity index (χ0v) is 11.6. The van der Waals surface area contributed by atoms with Gasteiger partial charge in [-0.2, -0.15) is 5.10 Å². The second-order valence-corrected chi connectivity index (χ2v) is 4.57. The molecule has 0 saturated carbocycles. The Labute approximate surface area is 116 Å². The average Bonchev–Trinajstić information content (AvgIpc) is 2.70. The number of para-hydroxylation sites is 1. The molecule has 0 atom stereocenters. The molecule has 0 fully saturated rings. The summed E-state index contributed by atoms with van der Waals surface area (Å²) in [6, 6.07) is 6.41. The van der Waals surface area contributed by atoms with Crippen LogP contribution in [0.25, 0.3) is 0 Å². The van der Waals surface area contributed by atoms with E-state index in [1.807, 2.05) is 14.0 Å². The lowest BCUT2D eigenvalue weighted by Gasteiger charge is -2.10. The number of thiocarbonyl (C=S) groups is 1. The summed E-state index contributed by atoms with van der Waals surface area (Å²) in [7, 11) is 1.88. The molecule has 1 heterocycles. The number of anilines is 1. The highest BCUT2D eigenvalue weighted by Crippen LogP contribution is 2.12. The topological polar surface area (TPSA) is 41.9 Å². The number of aryl methyl sites for hydroxylation is 1. The van der Waals surface area contributed by atoms with E-state index < -0.39 is 0 Å². The molecule has 0 radical (unpaired) electrons. The molecule has 0 amide bonds. The van der Waals surface area contributed by atoms with Crippen LogP contribution in [0, 0.1) is 12.7 Å². The van der Waals surface area contributed by atoms with Gasteiger partial charge in [-0.25, -0.2) is 4.39 Å². The van der Waals surface area contributed by atoms with Crippen LogP contribution in [0.5, 0.6) is 0 Å². The second kappa shape index (κ2) is 5.79. The minimum Gasteiger partial charge on any atom is -0.358 e. The summed E-state index contributed by atoms with van der Waals surface area (Å²) < 4.78 is 15.2.